The van der Waals surface area contributed by atoms with Crippen molar-refractivity contribution >= 4 is 42.9 Å². The van der Waals surface area contributed by atoms with E-state index in [1.165, 1.54) is 0 Å². The summed E-state index contributed by atoms with van der Waals surface area (Å²) in [4.78, 5) is 7.59. The molecule has 0 aliphatic rings. The predicted molar refractivity (Wildman–Crippen MR) is 93.4 cm³/mol. The maximum absolute atomic E-state index is 10.2. The van der Waals surface area contributed by atoms with E-state index >= 15 is 0 Å². The molecule has 6 nitrogen and oxygen atoms in total. The summed E-state index contributed by atoms with van der Waals surface area (Å²) in [6.07, 6.45) is 0. The number of nitrogens with zero attached hydrogens (tertiary/aromatic N) is 1. The van der Waals surface area contributed by atoms with Gasteiger partial charge in [0.25, 0.3) is 0 Å². The Bertz CT molecular complexity index is 867. The molecule has 2 aromatic carbocycles. The molecule has 0 bridgehead atoms. The van der Waals surface area contributed by atoms with Gasteiger partial charge in [-0.15, -0.1) is 0 Å². The standard InChI is InChI=1S/C15H12Br2N2O4/c1-22-10-4-8-9(5-11(10)23-2)19-15(18-8)6-3-7(16)14(21)12(17)13(6)20/h3-5,20-21H,1-2H3,(H,18,19). The van der Waals surface area contributed by atoms with Crippen LogP contribution in [0.15, 0.2) is 27.1 Å². The molecule has 0 amide bonds. The predicted octanol–water partition coefficient (Wildman–Crippen LogP) is 4.18. The zero-order valence-electron chi connectivity index (χ0n) is 12.1. The van der Waals surface area contributed by atoms with Crippen LogP contribution in [0.4, 0.5) is 0 Å². The summed E-state index contributed by atoms with van der Waals surface area (Å²) in [7, 11) is 3.11. The van der Waals surface area contributed by atoms with Gasteiger partial charge in [-0.1, -0.05) is 0 Å². The van der Waals surface area contributed by atoms with Gasteiger partial charge in [0.2, 0.25) is 0 Å². The molecule has 0 aliphatic carbocycles. The van der Waals surface area contributed by atoms with Crippen molar-refractivity contribution < 1.29 is 19.7 Å². The summed E-state index contributed by atoms with van der Waals surface area (Å²) in [5.74, 6) is 1.41. The van der Waals surface area contributed by atoms with E-state index in [1.54, 1.807) is 32.4 Å². The molecule has 0 atom stereocenters. The van der Waals surface area contributed by atoms with E-state index in [1.807, 2.05) is 0 Å². The van der Waals surface area contributed by atoms with Gasteiger partial charge in [-0.05, 0) is 37.9 Å². The lowest BCUT2D eigenvalue weighted by Crippen LogP contribution is -1.89. The normalized spacial score (nSPS) is 11.0. The Morgan fingerprint density at radius 3 is 2.30 bits per heavy atom. The maximum atomic E-state index is 10.2. The average Bonchev–Trinajstić information content (AvgIpc) is 2.97. The molecule has 0 unspecified atom stereocenters. The van der Waals surface area contributed by atoms with Gasteiger partial charge >= 0.3 is 0 Å². The second-order valence-corrected chi connectivity index (χ2v) is 6.37. The van der Waals surface area contributed by atoms with Crippen LogP contribution in [0.2, 0.25) is 0 Å². The quantitative estimate of drug-likeness (QED) is 0.565. The lowest BCUT2D eigenvalue weighted by atomic mass is 10.2. The number of rotatable bonds is 3. The molecule has 1 aromatic heterocycles. The first-order chi connectivity index (χ1) is 11.0. The van der Waals surface area contributed by atoms with Gasteiger partial charge in [-0.25, -0.2) is 4.98 Å². The lowest BCUT2D eigenvalue weighted by molar-refractivity contribution is 0.356. The van der Waals surface area contributed by atoms with Crippen LogP contribution in [0, 0.1) is 0 Å². The number of aromatic nitrogens is 2. The van der Waals surface area contributed by atoms with Crippen LogP contribution in [-0.4, -0.2) is 34.4 Å². The molecule has 120 valence electrons. The van der Waals surface area contributed by atoms with E-state index in [9.17, 15) is 10.2 Å². The summed E-state index contributed by atoms with van der Waals surface area (Å²) < 4.78 is 11.2. The minimum absolute atomic E-state index is 0.0781. The zero-order chi connectivity index (χ0) is 16.7. The number of ether oxygens (including phenoxy) is 2. The first-order valence-corrected chi connectivity index (χ1v) is 8.07. The molecule has 8 heteroatoms. The Labute approximate surface area is 148 Å². The summed E-state index contributed by atoms with van der Waals surface area (Å²) in [6, 6.07) is 5.10. The number of hydrogen-bond acceptors (Lipinski definition) is 5. The van der Waals surface area contributed by atoms with E-state index < -0.39 is 0 Å². The molecule has 0 aliphatic heterocycles. The van der Waals surface area contributed by atoms with Gasteiger partial charge in [-0.2, -0.15) is 0 Å². The maximum Gasteiger partial charge on any atom is 0.163 e. The van der Waals surface area contributed by atoms with Gasteiger partial charge in [-0.3, -0.25) is 0 Å². The van der Waals surface area contributed by atoms with Crippen molar-refractivity contribution in [2.45, 2.75) is 0 Å². The number of aromatic hydroxyl groups is 2. The van der Waals surface area contributed by atoms with Crippen molar-refractivity contribution in [3.05, 3.63) is 27.1 Å². The Morgan fingerprint density at radius 1 is 1.00 bits per heavy atom. The van der Waals surface area contributed by atoms with E-state index in [4.69, 9.17) is 9.47 Å². The fourth-order valence-electron chi connectivity index (χ4n) is 2.24. The molecule has 0 radical (unpaired) electrons. The van der Waals surface area contributed by atoms with Crippen LogP contribution in [0.3, 0.4) is 0 Å². The highest BCUT2D eigenvalue weighted by Gasteiger charge is 2.18. The van der Waals surface area contributed by atoms with Crippen LogP contribution < -0.4 is 9.47 Å². The molecular formula is C15H12Br2N2O4. The fraction of sp³-hybridized carbons (Fsp3) is 0.133. The number of phenols is 2. The van der Waals surface area contributed by atoms with Gasteiger partial charge in [0.15, 0.2) is 11.5 Å². The average molecular weight is 444 g/mol. The van der Waals surface area contributed by atoms with Crippen LogP contribution in [0.25, 0.3) is 22.4 Å². The molecule has 3 rings (SSSR count). The molecule has 1 heterocycles. The number of imidazole rings is 1. The minimum Gasteiger partial charge on any atom is -0.506 e. The van der Waals surface area contributed by atoms with Gasteiger partial charge < -0.3 is 24.7 Å². The molecule has 0 spiro atoms. The molecule has 23 heavy (non-hydrogen) atoms. The molecule has 3 aromatic rings. The fourth-order valence-corrected chi connectivity index (χ4v) is 3.36. The van der Waals surface area contributed by atoms with Gasteiger partial charge in [0, 0.05) is 12.1 Å². The van der Waals surface area contributed by atoms with Crippen LogP contribution in [-0.2, 0) is 0 Å². The third-order valence-corrected chi connectivity index (χ3v) is 4.77. The summed E-state index contributed by atoms with van der Waals surface area (Å²) >= 11 is 6.40. The van der Waals surface area contributed by atoms with Crippen LogP contribution >= 0.6 is 31.9 Å². The second kappa shape index (κ2) is 5.93. The second-order valence-electron chi connectivity index (χ2n) is 4.73. The van der Waals surface area contributed by atoms with Crippen molar-refractivity contribution in [3.8, 4) is 34.4 Å². The number of benzene rings is 2. The molecular weight excluding hydrogens is 432 g/mol. The van der Waals surface area contributed by atoms with Gasteiger partial charge in [0.1, 0.15) is 21.8 Å². The Morgan fingerprint density at radius 2 is 1.65 bits per heavy atom. The number of methoxy groups -OCH3 is 2. The highest BCUT2D eigenvalue weighted by atomic mass is 79.9. The largest absolute Gasteiger partial charge is 0.506 e. The third kappa shape index (κ3) is 2.61. The first kappa shape index (κ1) is 15.9. The highest BCUT2D eigenvalue weighted by Crippen LogP contribution is 2.45. The smallest absolute Gasteiger partial charge is 0.163 e. The molecule has 0 fully saturated rings. The van der Waals surface area contributed by atoms with Crippen molar-refractivity contribution in [2.75, 3.05) is 14.2 Å². The number of H-pyrrole nitrogens is 1. The van der Waals surface area contributed by atoms with Crippen LogP contribution in [0.1, 0.15) is 0 Å². The summed E-state index contributed by atoms with van der Waals surface area (Å²) in [5, 5.41) is 20.1. The summed E-state index contributed by atoms with van der Waals surface area (Å²) in [5.41, 5.74) is 1.84. The highest BCUT2D eigenvalue weighted by molar-refractivity contribution is 9.11. The van der Waals surface area contributed by atoms with Crippen molar-refractivity contribution in [2.24, 2.45) is 0 Å². The Balaban J connectivity index is 2.22. The van der Waals surface area contributed by atoms with Crippen molar-refractivity contribution in [1.82, 2.24) is 9.97 Å². The number of fused-ring (bicyclic) bond motifs is 1. The van der Waals surface area contributed by atoms with E-state index in [-0.39, 0.29) is 16.0 Å². The molecule has 0 saturated carbocycles. The van der Waals surface area contributed by atoms with Crippen LogP contribution in [0.5, 0.6) is 23.0 Å². The molecule has 0 saturated heterocycles. The van der Waals surface area contributed by atoms with Gasteiger partial charge in [0.05, 0.1) is 35.3 Å². The minimum atomic E-state index is -0.108. The van der Waals surface area contributed by atoms with Crippen molar-refractivity contribution in [1.29, 1.82) is 0 Å². The first-order valence-electron chi connectivity index (χ1n) is 6.48. The van der Waals surface area contributed by atoms with E-state index in [2.05, 4.69) is 41.8 Å². The Hall–Kier alpha value is -1.93. The number of nitrogens with one attached hydrogen (secondary N) is 1. The molecule has 3 N–H and O–H groups in total. The number of hydrogen-bond donors (Lipinski definition) is 3. The monoisotopic (exact) mass is 442 g/mol. The zero-order valence-corrected chi connectivity index (χ0v) is 15.3. The number of phenolic OH excluding ortho intramolecular Hbond substituents is 2. The number of halogens is 2. The third-order valence-electron chi connectivity index (χ3n) is 3.41. The Kier molecular flexibility index (Phi) is 4.11. The lowest BCUT2D eigenvalue weighted by Gasteiger charge is -2.07. The van der Waals surface area contributed by atoms with E-state index in [0.717, 1.165) is 5.52 Å². The summed E-state index contributed by atoms with van der Waals surface area (Å²) in [6.45, 7) is 0. The topological polar surface area (TPSA) is 87.6 Å². The van der Waals surface area contributed by atoms with Crippen molar-refractivity contribution in [3.63, 3.8) is 0 Å². The van der Waals surface area contributed by atoms with E-state index in [0.29, 0.717) is 32.9 Å². The number of aromatic amines is 1. The SMILES string of the molecule is COc1cc2nc(-c3cc(Br)c(O)c(Br)c3O)[nH]c2cc1OC.